The lowest BCUT2D eigenvalue weighted by molar-refractivity contribution is 0.102. The largest absolute Gasteiger partial charge is 0.399 e. The van der Waals surface area contributed by atoms with Crippen molar-refractivity contribution in [3.05, 3.63) is 34.3 Å². The molecule has 0 unspecified atom stereocenters. The molecule has 3 N–H and O–H groups in total. The van der Waals surface area contributed by atoms with Crippen molar-refractivity contribution in [2.45, 2.75) is 33.1 Å². The number of hydrogen-bond acceptors (Lipinski definition) is 5. The monoisotopic (exact) mass is 326 g/mol. The maximum absolute atomic E-state index is 12.2. The number of hydrogen-bond donors (Lipinski definition) is 2. The molecule has 1 aromatic carbocycles. The fourth-order valence-corrected chi connectivity index (χ4v) is 2.56. The zero-order chi connectivity index (χ0) is 14.5. The number of aromatic nitrogens is 2. The van der Waals surface area contributed by atoms with Gasteiger partial charge < -0.3 is 5.73 Å². The first-order valence-electron chi connectivity index (χ1n) is 6.60. The predicted octanol–water partition coefficient (Wildman–Crippen LogP) is 3.45. The van der Waals surface area contributed by atoms with Crippen LogP contribution in [-0.4, -0.2) is 16.1 Å². The van der Waals surface area contributed by atoms with E-state index in [2.05, 4.69) is 22.4 Å². The van der Waals surface area contributed by atoms with Crippen LogP contribution in [0.2, 0.25) is 0 Å². The quantitative estimate of drug-likeness (QED) is 0.825. The molecule has 0 spiro atoms. The lowest BCUT2D eigenvalue weighted by Gasteiger charge is -2.05. The van der Waals surface area contributed by atoms with Gasteiger partial charge in [-0.2, -0.15) is 0 Å². The second kappa shape index (κ2) is 7.95. The van der Waals surface area contributed by atoms with Crippen molar-refractivity contribution < 1.29 is 4.79 Å². The number of amides is 1. The summed E-state index contributed by atoms with van der Waals surface area (Å²) in [5.41, 5.74) is 7.73. The van der Waals surface area contributed by atoms with Crippen LogP contribution in [0.4, 0.5) is 10.8 Å². The Kier molecular flexibility index (Phi) is 6.58. The maximum Gasteiger partial charge on any atom is 0.257 e. The highest BCUT2D eigenvalue weighted by atomic mass is 35.5. The van der Waals surface area contributed by atoms with Crippen molar-refractivity contribution in [1.82, 2.24) is 10.2 Å². The number of rotatable bonds is 5. The van der Waals surface area contributed by atoms with Gasteiger partial charge in [0.15, 0.2) is 0 Å². The van der Waals surface area contributed by atoms with Gasteiger partial charge in [-0.15, -0.1) is 22.6 Å². The Morgan fingerprint density at radius 3 is 2.86 bits per heavy atom. The van der Waals surface area contributed by atoms with Crippen molar-refractivity contribution in [3.63, 3.8) is 0 Å². The molecule has 2 aromatic rings. The molecule has 21 heavy (non-hydrogen) atoms. The third-order valence-electron chi connectivity index (χ3n) is 2.94. The molecule has 1 aromatic heterocycles. The maximum atomic E-state index is 12.2. The number of benzene rings is 1. The summed E-state index contributed by atoms with van der Waals surface area (Å²) < 4.78 is 0. The van der Waals surface area contributed by atoms with Gasteiger partial charge in [-0.1, -0.05) is 30.7 Å². The van der Waals surface area contributed by atoms with Crippen LogP contribution in [-0.2, 0) is 6.42 Å². The Morgan fingerprint density at radius 1 is 1.38 bits per heavy atom. The second-order valence-electron chi connectivity index (χ2n) is 4.63. The molecule has 0 saturated carbocycles. The Morgan fingerprint density at radius 2 is 2.14 bits per heavy atom. The molecule has 1 heterocycles. The van der Waals surface area contributed by atoms with Crippen LogP contribution in [0.1, 0.15) is 40.7 Å². The standard InChI is InChI=1S/C14H18N4OS.ClH/c1-3-4-5-12-17-18-14(20-12)16-13(19)11-8-10(15)7-6-9(11)2;/h6-8H,3-5,15H2,1-2H3,(H,16,18,19);1H. The molecule has 7 heteroatoms. The van der Waals surface area contributed by atoms with Gasteiger partial charge in [0.25, 0.3) is 5.91 Å². The fraction of sp³-hybridized carbons (Fsp3) is 0.357. The first-order chi connectivity index (χ1) is 9.60. The van der Waals surface area contributed by atoms with Gasteiger partial charge in [-0.3, -0.25) is 10.1 Å². The van der Waals surface area contributed by atoms with Gasteiger partial charge in [0.05, 0.1) is 0 Å². The Labute approximate surface area is 134 Å². The van der Waals surface area contributed by atoms with E-state index in [1.807, 2.05) is 13.0 Å². The molecule has 0 fully saturated rings. The summed E-state index contributed by atoms with van der Waals surface area (Å²) in [6.45, 7) is 4.01. The number of nitrogens with one attached hydrogen (secondary N) is 1. The number of nitrogens with zero attached hydrogens (tertiary/aromatic N) is 2. The average Bonchev–Trinajstić information content (AvgIpc) is 2.86. The minimum absolute atomic E-state index is 0. The number of anilines is 2. The minimum Gasteiger partial charge on any atom is -0.399 e. The number of nitrogen functional groups attached to an aromatic ring is 1. The highest BCUT2D eigenvalue weighted by Gasteiger charge is 2.12. The predicted molar refractivity (Wildman–Crippen MR) is 89.3 cm³/mol. The van der Waals surface area contributed by atoms with Crippen molar-refractivity contribution in [1.29, 1.82) is 0 Å². The van der Waals surface area contributed by atoms with Gasteiger partial charge in [-0.25, -0.2) is 0 Å². The molecule has 0 radical (unpaired) electrons. The summed E-state index contributed by atoms with van der Waals surface area (Å²) in [6.07, 6.45) is 3.10. The van der Waals surface area contributed by atoms with Gasteiger partial charge in [0.1, 0.15) is 5.01 Å². The van der Waals surface area contributed by atoms with Gasteiger partial charge in [0.2, 0.25) is 5.13 Å². The molecule has 5 nitrogen and oxygen atoms in total. The van der Waals surface area contributed by atoms with Crippen molar-refractivity contribution in [3.8, 4) is 0 Å². The van der Waals surface area contributed by atoms with E-state index in [1.165, 1.54) is 11.3 Å². The molecule has 0 atom stereocenters. The zero-order valence-electron chi connectivity index (χ0n) is 12.0. The lowest BCUT2D eigenvalue weighted by Crippen LogP contribution is -2.13. The molecule has 0 bridgehead atoms. The van der Waals surface area contributed by atoms with Crippen molar-refractivity contribution >= 4 is 40.5 Å². The Balaban J connectivity index is 0.00000220. The highest BCUT2D eigenvalue weighted by Crippen LogP contribution is 2.19. The van der Waals surface area contributed by atoms with E-state index < -0.39 is 0 Å². The van der Waals surface area contributed by atoms with Crippen molar-refractivity contribution in [2.24, 2.45) is 0 Å². The van der Waals surface area contributed by atoms with Gasteiger partial charge in [-0.05, 0) is 31.0 Å². The zero-order valence-corrected chi connectivity index (χ0v) is 13.7. The van der Waals surface area contributed by atoms with Crippen LogP contribution in [0, 0.1) is 6.92 Å². The molecular weight excluding hydrogens is 308 g/mol. The van der Waals surface area contributed by atoms with E-state index in [0.29, 0.717) is 16.4 Å². The normalized spacial score (nSPS) is 10.0. The number of carbonyl (C=O) groups is 1. The molecule has 0 aliphatic heterocycles. The van der Waals surface area contributed by atoms with Crippen LogP contribution in [0.3, 0.4) is 0 Å². The van der Waals surface area contributed by atoms with E-state index >= 15 is 0 Å². The third-order valence-corrected chi connectivity index (χ3v) is 3.84. The number of aryl methyl sites for hydroxylation is 2. The van der Waals surface area contributed by atoms with Crippen LogP contribution in [0.5, 0.6) is 0 Å². The van der Waals surface area contributed by atoms with Crippen LogP contribution in [0.25, 0.3) is 0 Å². The number of carbonyl (C=O) groups excluding carboxylic acids is 1. The van der Waals surface area contributed by atoms with Crippen LogP contribution >= 0.6 is 23.7 Å². The average molecular weight is 327 g/mol. The molecule has 1 amide bonds. The summed E-state index contributed by atoms with van der Waals surface area (Å²) in [5, 5.41) is 12.3. The van der Waals surface area contributed by atoms with Crippen LogP contribution < -0.4 is 11.1 Å². The second-order valence-corrected chi connectivity index (χ2v) is 5.70. The molecule has 2 rings (SSSR count). The molecule has 114 valence electrons. The number of nitrogens with two attached hydrogens (primary N) is 1. The Bertz CT molecular complexity index is 615. The SMILES string of the molecule is CCCCc1nnc(NC(=O)c2cc(N)ccc2C)s1.Cl. The minimum atomic E-state index is -0.201. The van der Waals surface area contributed by atoms with Gasteiger partial charge >= 0.3 is 0 Å². The summed E-state index contributed by atoms with van der Waals surface area (Å²) in [4.78, 5) is 12.2. The topological polar surface area (TPSA) is 80.9 Å². The lowest BCUT2D eigenvalue weighted by atomic mass is 10.1. The summed E-state index contributed by atoms with van der Waals surface area (Å²) in [6, 6.07) is 5.28. The van der Waals surface area contributed by atoms with E-state index in [4.69, 9.17) is 5.73 Å². The number of halogens is 1. The molecule has 0 saturated heterocycles. The Hall–Kier alpha value is -1.66. The first-order valence-corrected chi connectivity index (χ1v) is 7.41. The summed E-state index contributed by atoms with van der Waals surface area (Å²) in [5.74, 6) is -0.201. The summed E-state index contributed by atoms with van der Waals surface area (Å²) in [7, 11) is 0. The van der Waals surface area contributed by atoms with Crippen molar-refractivity contribution in [2.75, 3.05) is 11.1 Å². The first kappa shape index (κ1) is 17.4. The van der Waals surface area contributed by atoms with E-state index in [9.17, 15) is 4.79 Å². The summed E-state index contributed by atoms with van der Waals surface area (Å²) >= 11 is 1.42. The smallest absolute Gasteiger partial charge is 0.257 e. The molecule has 0 aliphatic rings. The van der Waals surface area contributed by atoms with Gasteiger partial charge in [0, 0.05) is 17.7 Å². The fourth-order valence-electron chi connectivity index (χ4n) is 1.78. The van der Waals surface area contributed by atoms with E-state index in [0.717, 1.165) is 29.8 Å². The molecule has 0 aliphatic carbocycles. The number of unbranched alkanes of at least 4 members (excludes halogenated alkanes) is 1. The molecular formula is C14H19ClN4OS. The third kappa shape index (κ3) is 4.68. The highest BCUT2D eigenvalue weighted by molar-refractivity contribution is 7.15. The van der Waals surface area contributed by atoms with E-state index in [-0.39, 0.29) is 18.3 Å². The van der Waals surface area contributed by atoms with Crippen LogP contribution in [0.15, 0.2) is 18.2 Å². The van der Waals surface area contributed by atoms with E-state index in [1.54, 1.807) is 12.1 Å².